The van der Waals surface area contributed by atoms with Gasteiger partial charge < -0.3 is 10.2 Å². The molecule has 1 aromatic rings. The Balaban J connectivity index is 2.25. The first-order chi connectivity index (χ1) is 11.4. The number of carbonyl (C=O) groups is 1. The summed E-state index contributed by atoms with van der Waals surface area (Å²) in [4.78, 5) is 17.9. The van der Waals surface area contributed by atoms with Crippen molar-refractivity contribution in [1.29, 1.82) is 0 Å². The van der Waals surface area contributed by atoms with Crippen LogP contribution in [0.25, 0.3) is 0 Å². The maximum absolute atomic E-state index is 11.5. The molecule has 0 saturated carbocycles. The van der Waals surface area contributed by atoms with E-state index in [4.69, 9.17) is 4.84 Å². The largest absolute Gasteiger partial charge is 0.404 e. The van der Waals surface area contributed by atoms with Crippen LogP contribution in [0.4, 0.5) is 0 Å². The van der Waals surface area contributed by atoms with Crippen LogP contribution in [0.3, 0.4) is 0 Å². The summed E-state index contributed by atoms with van der Waals surface area (Å²) in [7, 11) is 0. The summed E-state index contributed by atoms with van der Waals surface area (Å²) in [5.74, 6) is 1.33. The average Bonchev–Trinajstić information content (AvgIpc) is 2.42. The molecule has 0 aromatic heterocycles. The summed E-state index contributed by atoms with van der Waals surface area (Å²) >= 11 is 3.65. The quantitative estimate of drug-likeness (QED) is 0.756. The molecule has 0 spiro atoms. The molecule has 1 saturated heterocycles. The number of nitrogens with one attached hydrogen (secondary N) is 1. The summed E-state index contributed by atoms with van der Waals surface area (Å²) < 4.78 is 0.967. The third kappa shape index (κ3) is 4.76. The first-order valence-electron chi connectivity index (χ1n) is 8.97. The zero-order valence-electron chi connectivity index (χ0n) is 16.4. The molecule has 0 radical (unpaired) electrons. The zero-order chi connectivity index (χ0) is 19.0. The van der Waals surface area contributed by atoms with Crippen LogP contribution in [0.15, 0.2) is 22.7 Å². The second kappa shape index (κ2) is 7.28. The SMILES string of the molecule is CC(=O)NC1CC(C)(C)N(Oc2ccc(C(C)C)cc2Br)C(C)(C)C1. The van der Waals surface area contributed by atoms with Gasteiger partial charge >= 0.3 is 0 Å². The highest BCUT2D eigenvalue weighted by Crippen LogP contribution is 2.40. The minimum Gasteiger partial charge on any atom is -0.404 e. The molecule has 5 heteroatoms. The number of hydroxylamine groups is 2. The number of carbonyl (C=O) groups excluding carboxylic acids is 1. The number of benzene rings is 1. The predicted molar refractivity (Wildman–Crippen MR) is 106 cm³/mol. The van der Waals surface area contributed by atoms with E-state index in [0.29, 0.717) is 5.92 Å². The number of hydrogen-bond donors (Lipinski definition) is 1. The Bertz CT molecular complexity index is 623. The maximum Gasteiger partial charge on any atom is 0.217 e. The smallest absolute Gasteiger partial charge is 0.217 e. The molecule has 1 N–H and O–H groups in total. The molecule has 0 unspecified atom stereocenters. The normalized spacial score (nSPS) is 20.5. The number of hydrogen-bond acceptors (Lipinski definition) is 3. The monoisotopic (exact) mass is 410 g/mol. The van der Waals surface area contributed by atoms with E-state index >= 15 is 0 Å². The fourth-order valence-corrected chi connectivity index (χ4v) is 4.42. The van der Waals surface area contributed by atoms with E-state index < -0.39 is 0 Å². The van der Waals surface area contributed by atoms with Crippen LogP contribution in [0.5, 0.6) is 5.75 Å². The molecular formula is C20H31BrN2O2. The van der Waals surface area contributed by atoms with Crippen molar-refractivity contribution >= 4 is 21.8 Å². The van der Waals surface area contributed by atoms with Crippen molar-refractivity contribution in [2.24, 2.45) is 0 Å². The molecule has 2 rings (SSSR count). The van der Waals surface area contributed by atoms with Gasteiger partial charge in [-0.05, 0) is 80.1 Å². The fourth-order valence-electron chi connectivity index (χ4n) is 3.95. The minimum atomic E-state index is -0.203. The molecular weight excluding hydrogens is 380 g/mol. The van der Waals surface area contributed by atoms with Crippen molar-refractivity contribution in [3.05, 3.63) is 28.2 Å². The molecule has 1 fully saturated rings. The highest BCUT2D eigenvalue weighted by Gasteiger charge is 2.47. The van der Waals surface area contributed by atoms with E-state index in [1.807, 2.05) is 6.07 Å². The van der Waals surface area contributed by atoms with E-state index in [2.05, 4.69) is 80.0 Å². The first kappa shape index (κ1) is 20.2. The summed E-state index contributed by atoms with van der Waals surface area (Å²) in [6.07, 6.45) is 1.69. The van der Waals surface area contributed by atoms with E-state index in [-0.39, 0.29) is 23.0 Å². The van der Waals surface area contributed by atoms with Crippen molar-refractivity contribution < 1.29 is 9.63 Å². The number of piperidine rings is 1. The van der Waals surface area contributed by atoms with Crippen LogP contribution in [-0.4, -0.2) is 28.1 Å². The van der Waals surface area contributed by atoms with E-state index in [1.54, 1.807) is 6.92 Å². The van der Waals surface area contributed by atoms with Gasteiger partial charge in [0, 0.05) is 13.0 Å². The lowest BCUT2D eigenvalue weighted by Gasteiger charge is -2.53. The molecule has 0 aliphatic carbocycles. The number of halogens is 1. The van der Waals surface area contributed by atoms with Crippen LogP contribution >= 0.6 is 15.9 Å². The molecule has 1 aliphatic heterocycles. The molecule has 1 aromatic carbocycles. The van der Waals surface area contributed by atoms with Crippen molar-refractivity contribution in [3.63, 3.8) is 0 Å². The van der Waals surface area contributed by atoms with Crippen molar-refractivity contribution in [2.45, 2.75) is 84.3 Å². The van der Waals surface area contributed by atoms with Crippen LogP contribution in [0.2, 0.25) is 0 Å². The lowest BCUT2D eigenvalue weighted by Crippen LogP contribution is -2.65. The maximum atomic E-state index is 11.5. The van der Waals surface area contributed by atoms with Crippen molar-refractivity contribution in [1.82, 2.24) is 10.4 Å². The third-order valence-electron chi connectivity index (χ3n) is 4.81. The van der Waals surface area contributed by atoms with Gasteiger partial charge in [-0.1, -0.05) is 19.9 Å². The topological polar surface area (TPSA) is 41.6 Å². The van der Waals surface area contributed by atoms with Gasteiger partial charge in [0.2, 0.25) is 5.91 Å². The molecule has 25 heavy (non-hydrogen) atoms. The summed E-state index contributed by atoms with van der Waals surface area (Å²) in [6, 6.07) is 6.44. The van der Waals surface area contributed by atoms with Gasteiger partial charge in [-0.2, -0.15) is 0 Å². The summed E-state index contributed by atoms with van der Waals surface area (Å²) in [5.41, 5.74) is 0.873. The van der Waals surface area contributed by atoms with Crippen LogP contribution in [-0.2, 0) is 4.79 Å². The first-order valence-corrected chi connectivity index (χ1v) is 9.76. The molecule has 140 valence electrons. The van der Waals surface area contributed by atoms with Gasteiger partial charge in [0.1, 0.15) is 0 Å². The van der Waals surface area contributed by atoms with Gasteiger partial charge in [0.05, 0.1) is 15.6 Å². The van der Waals surface area contributed by atoms with E-state index in [0.717, 1.165) is 23.1 Å². The van der Waals surface area contributed by atoms with Crippen LogP contribution < -0.4 is 10.2 Å². The lowest BCUT2D eigenvalue weighted by atomic mass is 9.79. The van der Waals surface area contributed by atoms with Gasteiger partial charge in [-0.3, -0.25) is 4.79 Å². The molecule has 0 atom stereocenters. The van der Waals surface area contributed by atoms with Crippen molar-refractivity contribution in [2.75, 3.05) is 0 Å². The van der Waals surface area contributed by atoms with Crippen LogP contribution in [0.1, 0.15) is 72.8 Å². The highest BCUT2D eigenvalue weighted by atomic mass is 79.9. The predicted octanol–water partition coefficient (Wildman–Crippen LogP) is 5.02. The fraction of sp³-hybridized carbons (Fsp3) is 0.650. The molecule has 1 heterocycles. The molecule has 4 nitrogen and oxygen atoms in total. The van der Waals surface area contributed by atoms with Crippen molar-refractivity contribution in [3.8, 4) is 5.75 Å². The van der Waals surface area contributed by atoms with Gasteiger partial charge in [0.25, 0.3) is 0 Å². The second-order valence-corrected chi connectivity index (χ2v) is 9.52. The number of amides is 1. The molecule has 1 amide bonds. The Morgan fingerprint density at radius 1 is 1.24 bits per heavy atom. The molecule has 1 aliphatic rings. The standard InChI is InChI=1S/C20H31BrN2O2/c1-13(2)15-8-9-18(17(21)10-15)25-23-19(4,5)11-16(22-14(3)24)12-20(23,6)7/h8-10,13,16H,11-12H2,1-7H3,(H,22,24). The van der Waals surface area contributed by atoms with E-state index in [9.17, 15) is 4.79 Å². The Labute approximate surface area is 160 Å². The Kier molecular flexibility index (Phi) is 5.89. The Morgan fingerprint density at radius 2 is 1.80 bits per heavy atom. The molecule has 0 bridgehead atoms. The van der Waals surface area contributed by atoms with Gasteiger partial charge in [-0.25, -0.2) is 0 Å². The van der Waals surface area contributed by atoms with E-state index in [1.165, 1.54) is 5.56 Å². The third-order valence-corrected chi connectivity index (χ3v) is 5.43. The minimum absolute atomic E-state index is 0.0259. The second-order valence-electron chi connectivity index (χ2n) is 8.66. The highest BCUT2D eigenvalue weighted by molar-refractivity contribution is 9.10. The zero-order valence-corrected chi connectivity index (χ0v) is 18.0. The average molecular weight is 411 g/mol. The van der Waals surface area contributed by atoms with Crippen LogP contribution in [0, 0.1) is 0 Å². The van der Waals surface area contributed by atoms with Gasteiger partial charge in [-0.15, -0.1) is 5.06 Å². The summed E-state index contributed by atoms with van der Waals surface area (Å²) in [6.45, 7) is 14.6. The lowest BCUT2D eigenvalue weighted by molar-refractivity contribution is -0.222. The Morgan fingerprint density at radius 3 is 2.24 bits per heavy atom. The Hall–Kier alpha value is -1.07. The number of nitrogens with zero attached hydrogens (tertiary/aromatic N) is 1. The number of rotatable bonds is 4. The summed E-state index contributed by atoms with van der Waals surface area (Å²) in [5, 5.41) is 5.17. The van der Waals surface area contributed by atoms with Gasteiger partial charge in [0.15, 0.2) is 5.75 Å².